The van der Waals surface area contributed by atoms with Crippen molar-refractivity contribution in [1.29, 1.82) is 0 Å². The van der Waals surface area contributed by atoms with Crippen LogP contribution in [0.3, 0.4) is 0 Å². The van der Waals surface area contributed by atoms with E-state index >= 15 is 0 Å². The summed E-state index contributed by atoms with van der Waals surface area (Å²) in [6, 6.07) is 12.4. The highest BCUT2D eigenvalue weighted by molar-refractivity contribution is 5.85. The van der Waals surface area contributed by atoms with Crippen LogP contribution in [0.1, 0.15) is 25.7 Å². The zero-order valence-corrected chi connectivity index (χ0v) is 12.9. The van der Waals surface area contributed by atoms with Gasteiger partial charge in [-0.3, -0.25) is 4.90 Å². The van der Waals surface area contributed by atoms with E-state index in [0.717, 1.165) is 37.0 Å². The van der Waals surface area contributed by atoms with E-state index in [2.05, 4.69) is 17.3 Å². The summed E-state index contributed by atoms with van der Waals surface area (Å²) in [5, 5.41) is 3.70. The number of nitrogens with zero attached hydrogens (tertiary/aromatic N) is 1. The van der Waals surface area contributed by atoms with Crippen LogP contribution in [-0.2, 0) is 0 Å². The molecule has 0 aromatic heterocycles. The highest BCUT2D eigenvalue weighted by Gasteiger charge is 2.34. The molecule has 0 spiro atoms. The Hall–Kier alpha value is -0.770. The third-order valence-corrected chi connectivity index (χ3v) is 4.53. The monoisotopic (exact) mass is 296 g/mol. The number of likely N-dealkylation sites (N-methyl/N-ethyl adjacent to an activating group) is 1. The van der Waals surface area contributed by atoms with Crippen molar-refractivity contribution < 1.29 is 4.74 Å². The Morgan fingerprint density at radius 1 is 1.15 bits per heavy atom. The number of hydrogen-bond acceptors (Lipinski definition) is 3. The van der Waals surface area contributed by atoms with Gasteiger partial charge < -0.3 is 10.1 Å². The smallest absolute Gasteiger partial charge is 0.119 e. The predicted molar refractivity (Wildman–Crippen MR) is 84.8 cm³/mol. The molecule has 2 aliphatic rings. The number of ether oxygens (including phenoxy) is 1. The van der Waals surface area contributed by atoms with E-state index in [1.165, 1.54) is 25.7 Å². The number of para-hydroxylation sites is 1. The zero-order valence-electron chi connectivity index (χ0n) is 12.1. The Bertz CT molecular complexity index is 389. The molecule has 20 heavy (non-hydrogen) atoms. The minimum atomic E-state index is 0. The Kier molecular flexibility index (Phi) is 5.70. The molecule has 2 heterocycles. The van der Waals surface area contributed by atoms with Crippen LogP contribution in [-0.4, -0.2) is 43.2 Å². The number of hydrogen-bond donors (Lipinski definition) is 1. The van der Waals surface area contributed by atoms with Gasteiger partial charge in [0.2, 0.25) is 0 Å². The first kappa shape index (κ1) is 15.6. The van der Waals surface area contributed by atoms with Crippen molar-refractivity contribution in [2.24, 2.45) is 0 Å². The number of rotatable bonds is 5. The molecule has 2 saturated heterocycles. The van der Waals surface area contributed by atoms with E-state index in [0.29, 0.717) is 0 Å². The second-order valence-electron chi connectivity index (χ2n) is 5.91. The summed E-state index contributed by atoms with van der Waals surface area (Å²) in [5.41, 5.74) is 0. The predicted octanol–water partition coefficient (Wildman–Crippen LogP) is 2.70. The van der Waals surface area contributed by atoms with E-state index in [1.54, 1.807) is 0 Å². The fraction of sp³-hybridized carbons (Fsp3) is 0.625. The quantitative estimate of drug-likeness (QED) is 0.904. The highest BCUT2D eigenvalue weighted by Crippen LogP contribution is 2.29. The molecule has 112 valence electrons. The molecule has 1 aromatic rings. The summed E-state index contributed by atoms with van der Waals surface area (Å²) < 4.78 is 5.78. The maximum absolute atomic E-state index is 5.78. The summed E-state index contributed by atoms with van der Waals surface area (Å²) >= 11 is 0. The summed E-state index contributed by atoms with van der Waals surface area (Å²) in [5.74, 6) is 0.973. The third kappa shape index (κ3) is 3.87. The maximum atomic E-state index is 5.78. The van der Waals surface area contributed by atoms with Gasteiger partial charge in [-0.2, -0.15) is 0 Å². The molecular weight excluding hydrogens is 272 g/mol. The molecule has 4 heteroatoms. The van der Waals surface area contributed by atoms with Gasteiger partial charge in [-0.1, -0.05) is 18.2 Å². The number of benzene rings is 1. The van der Waals surface area contributed by atoms with Crippen molar-refractivity contribution in [3.8, 4) is 5.75 Å². The van der Waals surface area contributed by atoms with Crippen LogP contribution in [0, 0.1) is 0 Å². The Morgan fingerprint density at radius 2 is 1.80 bits per heavy atom. The van der Waals surface area contributed by atoms with E-state index < -0.39 is 0 Å². The average Bonchev–Trinajstić information content (AvgIpc) is 2.78. The van der Waals surface area contributed by atoms with E-state index in [1.807, 2.05) is 30.3 Å². The van der Waals surface area contributed by atoms with Crippen molar-refractivity contribution in [1.82, 2.24) is 10.2 Å². The van der Waals surface area contributed by atoms with Gasteiger partial charge in [0, 0.05) is 24.7 Å². The molecule has 0 aliphatic carbocycles. The number of halogens is 1. The van der Waals surface area contributed by atoms with Gasteiger partial charge >= 0.3 is 0 Å². The fourth-order valence-corrected chi connectivity index (χ4v) is 3.39. The first-order chi connectivity index (χ1) is 9.31. The Labute approximate surface area is 128 Å². The summed E-state index contributed by atoms with van der Waals surface area (Å²) in [4.78, 5) is 2.48. The van der Waals surface area contributed by atoms with Gasteiger partial charge in [0.05, 0.1) is 0 Å². The molecule has 2 atom stereocenters. The van der Waals surface area contributed by atoms with Crippen LogP contribution < -0.4 is 10.1 Å². The van der Waals surface area contributed by atoms with Crippen LogP contribution in [0.5, 0.6) is 5.75 Å². The van der Waals surface area contributed by atoms with E-state index in [4.69, 9.17) is 4.74 Å². The van der Waals surface area contributed by atoms with Crippen LogP contribution in [0.25, 0.3) is 0 Å². The van der Waals surface area contributed by atoms with E-state index in [9.17, 15) is 0 Å². The van der Waals surface area contributed by atoms with Gasteiger partial charge in [0.1, 0.15) is 12.4 Å². The van der Waals surface area contributed by atoms with Crippen LogP contribution in [0.4, 0.5) is 0 Å². The summed E-state index contributed by atoms with van der Waals surface area (Å²) in [7, 11) is 2.24. The van der Waals surface area contributed by atoms with Crippen LogP contribution >= 0.6 is 12.4 Å². The molecule has 0 amide bonds. The normalized spacial score (nSPS) is 28.2. The molecule has 1 N–H and O–H groups in total. The number of piperidine rings is 1. The van der Waals surface area contributed by atoms with Gasteiger partial charge in [-0.25, -0.2) is 0 Å². The standard InChI is InChI=1S/C16H24N2O.ClH/c1-18(9-10-19-16-5-3-2-4-6-16)15-11-13-7-8-14(12-15)17-13;/h2-6,13-15,17H,7-12H2,1H3;1H. The molecule has 2 aliphatic heterocycles. The number of nitrogens with one attached hydrogen (secondary N) is 1. The van der Waals surface area contributed by atoms with Gasteiger partial charge in [0.15, 0.2) is 0 Å². The third-order valence-electron chi connectivity index (χ3n) is 4.53. The average molecular weight is 297 g/mol. The van der Waals surface area contributed by atoms with Gasteiger partial charge in [-0.15, -0.1) is 12.4 Å². The molecule has 0 radical (unpaired) electrons. The Morgan fingerprint density at radius 3 is 2.45 bits per heavy atom. The van der Waals surface area contributed by atoms with Crippen molar-refractivity contribution in [3.63, 3.8) is 0 Å². The maximum Gasteiger partial charge on any atom is 0.119 e. The lowest BCUT2D eigenvalue weighted by atomic mass is 9.99. The second-order valence-corrected chi connectivity index (χ2v) is 5.91. The number of fused-ring (bicyclic) bond motifs is 2. The highest BCUT2D eigenvalue weighted by atomic mass is 35.5. The van der Waals surface area contributed by atoms with Gasteiger partial charge in [-0.05, 0) is 44.9 Å². The molecule has 2 unspecified atom stereocenters. The SMILES string of the molecule is CN(CCOc1ccccc1)C1CC2CCC(C1)N2.Cl. The molecule has 2 fully saturated rings. The molecule has 3 rings (SSSR count). The molecule has 1 aromatic carbocycles. The fourth-order valence-electron chi connectivity index (χ4n) is 3.39. The summed E-state index contributed by atoms with van der Waals surface area (Å²) in [6.07, 6.45) is 5.35. The molecule has 0 saturated carbocycles. The van der Waals surface area contributed by atoms with E-state index in [-0.39, 0.29) is 12.4 Å². The lowest BCUT2D eigenvalue weighted by Crippen LogP contribution is -2.47. The topological polar surface area (TPSA) is 24.5 Å². The van der Waals surface area contributed by atoms with Gasteiger partial charge in [0.25, 0.3) is 0 Å². The first-order valence-corrected chi connectivity index (χ1v) is 7.45. The van der Waals surface area contributed by atoms with Crippen LogP contribution in [0.15, 0.2) is 30.3 Å². The van der Waals surface area contributed by atoms with Crippen molar-refractivity contribution in [3.05, 3.63) is 30.3 Å². The summed E-state index contributed by atoms with van der Waals surface area (Å²) in [6.45, 7) is 1.79. The minimum Gasteiger partial charge on any atom is -0.492 e. The van der Waals surface area contributed by atoms with Crippen molar-refractivity contribution in [2.45, 2.75) is 43.8 Å². The second kappa shape index (κ2) is 7.30. The van der Waals surface area contributed by atoms with Crippen molar-refractivity contribution >= 4 is 12.4 Å². The molecular formula is C16H25ClN2O. The first-order valence-electron chi connectivity index (χ1n) is 7.45. The lowest BCUT2D eigenvalue weighted by molar-refractivity contribution is 0.147. The molecule has 2 bridgehead atoms. The minimum absolute atomic E-state index is 0. The zero-order chi connectivity index (χ0) is 13.1. The van der Waals surface area contributed by atoms with Crippen LogP contribution in [0.2, 0.25) is 0 Å². The molecule has 3 nitrogen and oxygen atoms in total. The lowest BCUT2D eigenvalue weighted by Gasteiger charge is -2.35. The Balaban J connectivity index is 0.00000147. The van der Waals surface area contributed by atoms with Crippen molar-refractivity contribution in [2.75, 3.05) is 20.2 Å². The largest absolute Gasteiger partial charge is 0.492 e.